The summed E-state index contributed by atoms with van der Waals surface area (Å²) < 4.78 is 27.2. The minimum atomic E-state index is -1.79. The molecule has 2 fully saturated rings. The number of aliphatic hydroxyl groups excluding tert-OH is 7. The van der Waals surface area contributed by atoms with Gasteiger partial charge in [-0.05, 0) is 12.8 Å². The van der Waals surface area contributed by atoms with Crippen LogP contribution in [-0.2, 0) is 33.3 Å². The van der Waals surface area contributed by atoms with Gasteiger partial charge < -0.3 is 64.7 Å². The van der Waals surface area contributed by atoms with E-state index in [2.05, 4.69) is 10.1 Å². The van der Waals surface area contributed by atoms with Crippen molar-refractivity contribution in [3.05, 3.63) is 0 Å². The molecule has 0 aromatic rings. The van der Waals surface area contributed by atoms with Crippen molar-refractivity contribution in [1.29, 1.82) is 0 Å². The van der Waals surface area contributed by atoms with Crippen molar-refractivity contribution in [3.8, 4) is 0 Å². The van der Waals surface area contributed by atoms with Crippen LogP contribution in [0.5, 0.6) is 0 Å². The molecule has 0 saturated carbocycles. The first kappa shape index (κ1) is 33.7. The molecule has 0 bridgehead atoms. The van der Waals surface area contributed by atoms with Crippen LogP contribution >= 0.6 is 0 Å². The molecular weight excluding hydrogens is 526 g/mol. The summed E-state index contributed by atoms with van der Waals surface area (Å²) in [6.07, 6.45) is -8.33. The van der Waals surface area contributed by atoms with Gasteiger partial charge in [0.25, 0.3) is 0 Å². The average Bonchev–Trinajstić information content (AvgIpc) is 2.94. The van der Waals surface area contributed by atoms with Gasteiger partial charge in [0.2, 0.25) is 5.91 Å². The normalized spacial score (nSPS) is 35.0. The van der Waals surface area contributed by atoms with Crippen LogP contribution in [0.4, 0.5) is 0 Å². The molecule has 15 heteroatoms. The van der Waals surface area contributed by atoms with Gasteiger partial charge in [0.15, 0.2) is 12.6 Å². The number of carbonyl (C=O) groups excluding carboxylic acids is 2. The lowest BCUT2D eigenvalue weighted by Crippen LogP contribution is -2.68. The number of ether oxygens (including phenoxy) is 5. The Hall–Kier alpha value is -1.50. The molecule has 7 unspecified atom stereocenters. The lowest BCUT2D eigenvalue weighted by Gasteiger charge is -2.47. The lowest BCUT2D eigenvalue weighted by atomic mass is 9.95. The second kappa shape index (κ2) is 17.3. The second-order valence-corrected chi connectivity index (χ2v) is 9.58. The first-order valence-electron chi connectivity index (χ1n) is 13.2. The Balaban J connectivity index is 2.01. The standard InChI is InChI=1S/C24H43NO14/c1-35-16(30)8-6-4-2-3-5-7-9-36-23-17(25-15(29)12-28)22(19(32)14(11-27)37-23)39-24-21(34)20(33)18(31)13(10-26)38-24/h13-14,17-24,26-28,31-34H,2-12H2,1H3,(H,25,29)/t13?,14?,17?,18-,19+,20?,21?,22?,23-,24?/m1/s1. The number of nitrogens with one attached hydrogen (secondary N) is 1. The number of rotatable bonds is 16. The average molecular weight is 570 g/mol. The first-order chi connectivity index (χ1) is 18.7. The Kier molecular flexibility index (Phi) is 15.0. The van der Waals surface area contributed by atoms with Gasteiger partial charge in [0, 0.05) is 13.0 Å². The maximum Gasteiger partial charge on any atom is 0.305 e. The van der Waals surface area contributed by atoms with Crippen LogP contribution in [0.3, 0.4) is 0 Å². The van der Waals surface area contributed by atoms with Gasteiger partial charge in [0.1, 0.15) is 55.4 Å². The van der Waals surface area contributed by atoms with Crippen LogP contribution < -0.4 is 5.32 Å². The Morgan fingerprint density at radius 2 is 1.36 bits per heavy atom. The highest BCUT2D eigenvalue weighted by Gasteiger charge is 2.51. The van der Waals surface area contributed by atoms with E-state index >= 15 is 0 Å². The number of hydrogen-bond acceptors (Lipinski definition) is 14. The van der Waals surface area contributed by atoms with E-state index in [9.17, 15) is 45.3 Å². The summed E-state index contributed by atoms with van der Waals surface area (Å²) in [4.78, 5) is 23.2. The Morgan fingerprint density at radius 1 is 0.769 bits per heavy atom. The van der Waals surface area contributed by atoms with E-state index in [0.29, 0.717) is 12.8 Å². The van der Waals surface area contributed by atoms with Crippen molar-refractivity contribution in [2.45, 2.75) is 106 Å². The molecule has 2 saturated heterocycles. The van der Waals surface area contributed by atoms with Crippen LogP contribution in [-0.4, -0.2) is 143 Å². The molecule has 1 amide bonds. The third-order valence-corrected chi connectivity index (χ3v) is 6.75. The fourth-order valence-electron chi connectivity index (χ4n) is 4.47. The highest BCUT2D eigenvalue weighted by molar-refractivity contribution is 5.77. The van der Waals surface area contributed by atoms with Crippen LogP contribution in [0, 0.1) is 0 Å². The zero-order valence-electron chi connectivity index (χ0n) is 22.0. The summed E-state index contributed by atoms with van der Waals surface area (Å²) in [6.45, 7) is -2.07. The van der Waals surface area contributed by atoms with Crippen molar-refractivity contribution in [1.82, 2.24) is 5.32 Å². The van der Waals surface area contributed by atoms with E-state index in [-0.39, 0.29) is 12.6 Å². The van der Waals surface area contributed by atoms with Crippen molar-refractivity contribution in [2.24, 2.45) is 0 Å². The number of amides is 1. The molecule has 15 nitrogen and oxygen atoms in total. The largest absolute Gasteiger partial charge is 0.469 e. The predicted octanol–water partition coefficient (Wildman–Crippen LogP) is -3.35. The van der Waals surface area contributed by atoms with Crippen molar-refractivity contribution in [2.75, 3.05) is 33.5 Å². The molecule has 8 N–H and O–H groups in total. The van der Waals surface area contributed by atoms with E-state index < -0.39 is 87.1 Å². The summed E-state index contributed by atoms with van der Waals surface area (Å²) in [6, 6.07) is -1.24. The number of methoxy groups -OCH3 is 1. The lowest BCUT2D eigenvalue weighted by molar-refractivity contribution is -0.344. The van der Waals surface area contributed by atoms with Gasteiger partial charge in [-0.25, -0.2) is 0 Å². The summed E-state index contributed by atoms with van der Waals surface area (Å²) >= 11 is 0. The third kappa shape index (κ3) is 9.82. The third-order valence-electron chi connectivity index (χ3n) is 6.75. The van der Waals surface area contributed by atoms with Gasteiger partial charge in [-0.1, -0.05) is 25.7 Å². The minimum absolute atomic E-state index is 0.180. The molecule has 10 atom stereocenters. The van der Waals surface area contributed by atoms with E-state index in [1.807, 2.05) is 0 Å². The number of aliphatic hydroxyl groups is 7. The molecule has 2 aliphatic heterocycles. The molecule has 0 aromatic carbocycles. The Bertz CT molecular complexity index is 727. The Labute approximate surface area is 226 Å². The van der Waals surface area contributed by atoms with Gasteiger partial charge in [0.05, 0.1) is 20.3 Å². The van der Waals surface area contributed by atoms with Crippen LogP contribution in [0.15, 0.2) is 0 Å². The maximum absolute atomic E-state index is 12.1. The van der Waals surface area contributed by atoms with E-state index in [1.165, 1.54) is 7.11 Å². The molecule has 0 aliphatic carbocycles. The monoisotopic (exact) mass is 569 g/mol. The topological polar surface area (TPSA) is 234 Å². The fourth-order valence-corrected chi connectivity index (χ4v) is 4.47. The number of esters is 1. The predicted molar refractivity (Wildman–Crippen MR) is 130 cm³/mol. The summed E-state index contributed by atoms with van der Waals surface area (Å²) in [7, 11) is 1.35. The summed E-state index contributed by atoms with van der Waals surface area (Å²) in [5.41, 5.74) is 0. The molecule has 0 aromatic heterocycles. The zero-order chi connectivity index (χ0) is 28.9. The van der Waals surface area contributed by atoms with Crippen LogP contribution in [0.1, 0.15) is 44.9 Å². The molecule has 2 heterocycles. The van der Waals surface area contributed by atoms with E-state index in [0.717, 1.165) is 32.1 Å². The summed E-state index contributed by atoms with van der Waals surface area (Å²) in [5.74, 6) is -1.08. The molecule has 0 radical (unpaired) electrons. The van der Waals surface area contributed by atoms with Gasteiger partial charge in [-0.3, -0.25) is 9.59 Å². The minimum Gasteiger partial charge on any atom is -0.469 e. The maximum atomic E-state index is 12.1. The smallest absolute Gasteiger partial charge is 0.305 e. The number of unbranched alkanes of at least 4 members (excludes halogenated alkanes) is 5. The van der Waals surface area contributed by atoms with E-state index in [1.54, 1.807) is 0 Å². The first-order valence-corrected chi connectivity index (χ1v) is 13.2. The zero-order valence-corrected chi connectivity index (χ0v) is 22.0. The molecule has 2 rings (SSSR count). The Morgan fingerprint density at radius 3 is 1.97 bits per heavy atom. The van der Waals surface area contributed by atoms with E-state index in [4.69, 9.17) is 18.9 Å². The number of hydrogen-bond donors (Lipinski definition) is 8. The molecular formula is C24H43NO14. The van der Waals surface area contributed by atoms with Crippen molar-refractivity contribution in [3.63, 3.8) is 0 Å². The van der Waals surface area contributed by atoms with Crippen molar-refractivity contribution >= 4 is 11.9 Å². The molecule has 0 spiro atoms. The van der Waals surface area contributed by atoms with Crippen LogP contribution in [0.2, 0.25) is 0 Å². The fraction of sp³-hybridized carbons (Fsp3) is 0.917. The van der Waals surface area contributed by atoms with Gasteiger partial charge in [-0.15, -0.1) is 0 Å². The molecule has 228 valence electrons. The highest BCUT2D eigenvalue weighted by Crippen LogP contribution is 2.30. The van der Waals surface area contributed by atoms with Crippen molar-refractivity contribution < 1.29 is 69.0 Å². The SMILES string of the molecule is COC(=O)CCCCCCCCO[C@@H]1OC(CO)[C@H](O)C(OC2OC(CO)[C@@H](O)C(O)C2O)C1NC(=O)CO. The van der Waals surface area contributed by atoms with Gasteiger partial charge >= 0.3 is 5.97 Å². The van der Waals surface area contributed by atoms with Gasteiger partial charge in [-0.2, -0.15) is 0 Å². The number of carbonyl (C=O) groups is 2. The second-order valence-electron chi connectivity index (χ2n) is 9.58. The molecule has 39 heavy (non-hydrogen) atoms. The van der Waals surface area contributed by atoms with Crippen LogP contribution in [0.25, 0.3) is 0 Å². The highest BCUT2D eigenvalue weighted by atomic mass is 16.7. The quantitative estimate of drug-likeness (QED) is 0.0670. The molecule has 2 aliphatic rings. The summed E-state index contributed by atoms with van der Waals surface area (Å²) in [5, 5.41) is 72.2.